The largest absolute Gasteiger partial charge is 0.485 e. The van der Waals surface area contributed by atoms with Gasteiger partial charge < -0.3 is 14.4 Å². The smallest absolute Gasteiger partial charge is 0.226 e. The minimum Gasteiger partial charge on any atom is -0.485 e. The molecule has 5 heteroatoms. The maximum absolute atomic E-state index is 8.83. The summed E-state index contributed by atoms with van der Waals surface area (Å²) in [6, 6.07) is 7.62. The number of aliphatic hydroxyl groups excluding tert-OH is 1. The van der Waals surface area contributed by atoms with Crippen LogP contribution in [0.5, 0.6) is 5.75 Å². The summed E-state index contributed by atoms with van der Waals surface area (Å²) < 4.78 is 10.6. The summed E-state index contributed by atoms with van der Waals surface area (Å²) in [5.74, 6) is 1.96. The number of aliphatic hydroxyl groups is 1. The summed E-state index contributed by atoms with van der Waals surface area (Å²) in [6.45, 7) is 2.52. The molecule has 0 saturated carbocycles. The first-order valence-corrected chi connectivity index (χ1v) is 6.46. The highest BCUT2D eigenvalue weighted by Crippen LogP contribution is 2.14. The molecule has 0 radical (unpaired) electrons. The van der Waals surface area contributed by atoms with E-state index in [1.165, 1.54) is 0 Å². The Morgan fingerprint density at radius 1 is 1.21 bits per heavy atom. The first kappa shape index (κ1) is 13.5. The fraction of sp³-hybridized carbons (Fsp3) is 0.429. The van der Waals surface area contributed by atoms with Crippen molar-refractivity contribution in [3.05, 3.63) is 41.5 Å². The van der Waals surface area contributed by atoms with E-state index >= 15 is 0 Å². The number of rotatable bonds is 7. The van der Waals surface area contributed by atoms with Crippen molar-refractivity contribution >= 4 is 0 Å². The fourth-order valence-electron chi connectivity index (χ4n) is 1.69. The summed E-state index contributed by atoms with van der Waals surface area (Å²) in [5.41, 5.74) is 1.08. The van der Waals surface area contributed by atoms with Crippen LogP contribution >= 0.6 is 0 Å². The Kier molecular flexibility index (Phi) is 4.92. The van der Waals surface area contributed by atoms with E-state index in [0.717, 1.165) is 24.2 Å². The van der Waals surface area contributed by atoms with Gasteiger partial charge in [-0.05, 0) is 30.5 Å². The average molecular weight is 262 g/mol. The van der Waals surface area contributed by atoms with Crippen molar-refractivity contribution in [1.82, 2.24) is 10.1 Å². The molecule has 0 aliphatic rings. The van der Waals surface area contributed by atoms with E-state index in [0.29, 0.717) is 24.7 Å². The molecule has 2 rings (SSSR count). The van der Waals surface area contributed by atoms with Gasteiger partial charge in [0.1, 0.15) is 5.75 Å². The quantitative estimate of drug-likeness (QED) is 0.828. The van der Waals surface area contributed by atoms with Gasteiger partial charge in [-0.15, -0.1) is 0 Å². The summed E-state index contributed by atoms with van der Waals surface area (Å²) in [4.78, 5) is 4.23. The van der Waals surface area contributed by atoms with Crippen LogP contribution in [0.25, 0.3) is 0 Å². The zero-order valence-electron chi connectivity index (χ0n) is 11.0. The highest BCUT2D eigenvalue weighted by molar-refractivity contribution is 5.27. The zero-order chi connectivity index (χ0) is 13.5. The molecule has 0 bridgehead atoms. The third-order valence-corrected chi connectivity index (χ3v) is 2.67. The molecule has 0 aliphatic carbocycles. The molecule has 5 nitrogen and oxygen atoms in total. The molecule has 0 unspecified atom stereocenters. The molecule has 102 valence electrons. The molecular formula is C14H18N2O3. The van der Waals surface area contributed by atoms with Gasteiger partial charge in [-0.25, -0.2) is 0 Å². The Bertz CT molecular complexity index is 494. The maximum Gasteiger partial charge on any atom is 0.226 e. The minimum atomic E-state index is 0.156. The number of aryl methyl sites for hydroxylation is 1. The first-order valence-electron chi connectivity index (χ1n) is 6.46. The van der Waals surface area contributed by atoms with Crippen molar-refractivity contribution in [2.24, 2.45) is 0 Å². The molecule has 0 fully saturated rings. The summed E-state index contributed by atoms with van der Waals surface area (Å²) in [7, 11) is 0. The molecule has 1 heterocycles. The summed E-state index contributed by atoms with van der Waals surface area (Å²) in [6.07, 6.45) is 2.43. The van der Waals surface area contributed by atoms with Crippen molar-refractivity contribution < 1.29 is 14.4 Å². The van der Waals surface area contributed by atoms with Crippen LogP contribution in [0.1, 0.15) is 30.6 Å². The summed E-state index contributed by atoms with van der Waals surface area (Å²) >= 11 is 0. The maximum atomic E-state index is 8.83. The van der Waals surface area contributed by atoms with Crippen LogP contribution in [0, 0.1) is 0 Å². The van der Waals surface area contributed by atoms with E-state index in [1.807, 2.05) is 24.3 Å². The highest BCUT2D eigenvalue weighted by Gasteiger charge is 2.06. The molecule has 1 N–H and O–H groups in total. The molecule has 0 spiro atoms. The monoisotopic (exact) mass is 262 g/mol. The minimum absolute atomic E-state index is 0.156. The van der Waals surface area contributed by atoms with Crippen LogP contribution in [0.4, 0.5) is 0 Å². The van der Waals surface area contributed by atoms with Crippen LogP contribution in [0.15, 0.2) is 28.8 Å². The Morgan fingerprint density at radius 3 is 2.68 bits per heavy atom. The number of aromatic nitrogens is 2. The van der Waals surface area contributed by atoms with Crippen LogP contribution in [-0.2, 0) is 19.4 Å². The van der Waals surface area contributed by atoms with Gasteiger partial charge in [0.25, 0.3) is 0 Å². The van der Waals surface area contributed by atoms with E-state index in [2.05, 4.69) is 17.1 Å². The van der Waals surface area contributed by atoms with Gasteiger partial charge in [-0.1, -0.05) is 24.2 Å². The van der Waals surface area contributed by atoms with Crippen molar-refractivity contribution in [2.45, 2.75) is 32.8 Å². The second-order valence-corrected chi connectivity index (χ2v) is 4.26. The van der Waals surface area contributed by atoms with Crippen molar-refractivity contribution in [3.63, 3.8) is 0 Å². The normalized spacial score (nSPS) is 10.6. The van der Waals surface area contributed by atoms with Crippen molar-refractivity contribution in [1.29, 1.82) is 0 Å². The van der Waals surface area contributed by atoms with Gasteiger partial charge in [0, 0.05) is 13.0 Å². The molecule has 1 aromatic carbocycles. The second kappa shape index (κ2) is 6.89. The van der Waals surface area contributed by atoms with Crippen LogP contribution in [0.3, 0.4) is 0 Å². The van der Waals surface area contributed by atoms with E-state index in [4.69, 9.17) is 14.4 Å². The van der Waals surface area contributed by atoms with E-state index in [-0.39, 0.29) is 6.61 Å². The van der Waals surface area contributed by atoms with Crippen LogP contribution in [-0.4, -0.2) is 21.9 Å². The number of ether oxygens (including phenoxy) is 1. The Balaban J connectivity index is 1.86. The zero-order valence-corrected chi connectivity index (χ0v) is 11.0. The number of benzene rings is 1. The second-order valence-electron chi connectivity index (χ2n) is 4.26. The Labute approximate surface area is 112 Å². The molecule has 0 amide bonds. The lowest BCUT2D eigenvalue weighted by atomic mass is 10.1. The fourth-order valence-corrected chi connectivity index (χ4v) is 1.69. The van der Waals surface area contributed by atoms with Crippen LogP contribution < -0.4 is 4.74 Å². The topological polar surface area (TPSA) is 68.4 Å². The standard InChI is InChI=1S/C14H18N2O3/c1-2-3-14-15-13(16-19-14)10-18-12-6-4-11(5-7-12)8-9-17/h4-7,17H,2-3,8-10H2,1H3. The Hall–Kier alpha value is -1.88. The summed E-state index contributed by atoms with van der Waals surface area (Å²) in [5, 5.41) is 12.7. The molecular weight excluding hydrogens is 244 g/mol. The van der Waals surface area contributed by atoms with E-state index in [1.54, 1.807) is 0 Å². The van der Waals surface area contributed by atoms with Gasteiger partial charge in [0.15, 0.2) is 6.61 Å². The van der Waals surface area contributed by atoms with E-state index < -0.39 is 0 Å². The third kappa shape index (κ3) is 4.06. The van der Waals surface area contributed by atoms with Gasteiger partial charge in [0.05, 0.1) is 0 Å². The van der Waals surface area contributed by atoms with Gasteiger partial charge in [0.2, 0.25) is 11.7 Å². The molecule has 0 atom stereocenters. The van der Waals surface area contributed by atoms with Gasteiger partial charge in [-0.2, -0.15) is 4.98 Å². The van der Waals surface area contributed by atoms with Gasteiger partial charge >= 0.3 is 0 Å². The molecule has 2 aromatic rings. The predicted molar refractivity (Wildman–Crippen MR) is 69.9 cm³/mol. The highest BCUT2D eigenvalue weighted by atomic mass is 16.5. The van der Waals surface area contributed by atoms with Crippen LogP contribution in [0.2, 0.25) is 0 Å². The van der Waals surface area contributed by atoms with Gasteiger partial charge in [-0.3, -0.25) is 0 Å². The molecule has 0 aliphatic heterocycles. The molecule has 19 heavy (non-hydrogen) atoms. The lowest BCUT2D eigenvalue weighted by Gasteiger charge is -2.04. The third-order valence-electron chi connectivity index (χ3n) is 2.67. The van der Waals surface area contributed by atoms with Crippen molar-refractivity contribution in [3.8, 4) is 5.75 Å². The SMILES string of the molecule is CCCc1nc(COc2ccc(CCO)cc2)no1. The van der Waals surface area contributed by atoms with Crippen molar-refractivity contribution in [2.75, 3.05) is 6.61 Å². The van der Waals surface area contributed by atoms with E-state index in [9.17, 15) is 0 Å². The lowest BCUT2D eigenvalue weighted by molar-refractivity contribution is 0.284. The predicted octanol–water partition coefficient (Wildman–Crippen LogP) is 2.14. The number of hydrogen-bond donors (Lipinski definition) is 1. The Morgan fingerprint density at radius 2 is 2.00 bits per heavy atom. The first-order chi connectivity index (χ1) is 9.31. The molecule has 0 saturated heterocycles. The molecule has 1 aromatic heterocycles. The average Bonchev–Trinajstić information content (AvgIpc) is 2.87. The number of hydrogen-bond acceptors (Lipinski definition) is 5. The lowest BCUT2D eigenvalue weighted by Crippen LogP contribution is -1.98. The number of nitrogens with zero attached hydrogens (tertiary/aromatic N) is 2.